The van der Waals surface area contributed by atoms with Crippen LogP contribution in [0.2, 0.25) is 0 Å². The molecular weight excluding hydrogens is 356 g/mol. The minimum Gasteiger partial charge on any atom is -0.444 e. The molecule has 0 aromatic heterocycles. The number of nitrogens with zero attached hydrogens (tertiary/aromatic N) is 2. The molecule has 0 fully saturated rings. The molecule has 1 aromatic rings. The molecule has 1 amide bonds. The Morgan fingerprint density at radius 2 is 1.82 bits per heavy atom. The van der Waals surface area contributed by atoms with E-state index in [0.29, 0.717) is 25.6 Å². The molecule has 0 aliphatic rings. The molecule has 1 aromatic carbocycles. The smallest absolute Gasteiger partial charge is 0.410 e. The number of nitrogens with one attached hydrogen (secondary N) is 2. The zero-order chi connectivity index (χ0) is 21.2. The number of hydrogen-bond donors (Lipinski definition) is 3. The largest absolute Gasteiger partial charge is 0.444 e. The lowest BCUT2D eigenvalue weighted by molar-refractivity contribution is 0.0278. The first-order valence-electron chi connectivity index (χ1n) is 9.70. The fraction of sp³-hybridized carbons (Fsp3) is 0.619. The van der Waals surface area contributed by atoms with Crippen molar-refractivity contribution >= 4 is 12.1 Å². The van der Waals surface area contributed by atoms with Crippen LogP contribution >= 0.6 is 0 Å². The molecule has 1 rings (SSSR count). The van der Waals surface area contributed by atoms with E-state index >= 15 is 0 Å². The maximum Gasteiger partial charge on any atom is 0.410 e. The van der Waals surface area contributed by atoms with Crippen molar-refractivity contribution in [3.8, 4) is 0 Å². The van der Waals surface area contributed by atoms with Gasteiger partial charge in [0.05, 0.1) is 6.61 Å². The van der Waals surface area contributed by atoms with Crippen LogP contribution in [0.4, 0.5) is 4.79 Å². The van der Waals surface area contributed by atoms with Crippen molar-refractivity contribution in [1.29, 1.82) is 0 Å². The van der Waals surface area contributed by atoms with Crippen LogP contribution in [-0.4, -0.2) is 68.0 Å². The molecule has 0 aliphatic carbocycles. The van der Waals surface area contributed by atoms with Gasteiger partial charge in [-0.3, -0.25) is 4.99 Å². The molecule has 0 aliphatic heterocycles. The molecule has 3 N–H and O–H groups in total. The second-order valence-corrected chi connectivity index (χ2v) is 8.09. The molecular formula is C21H36N4O3. The van der Waals surface area contributed by atoms with Gasteiger partial charge in [0.15, 0.2) is 5.96 Å². The highest BCUT2D eigenvalue weighted by atomic mass is 16.6. The zero-order valence-corrected chi connectivity index (χ0v) is 18.0. The summed E-state index contributed by atoms with van der Waals surface area (Å²) >= 11 is 0. The molecule has 0 spiro atoms. The summed E-state index contributed by atoms with van der Waals surface area (Å²) in [6.07, 6.45) is -0.324. The van der Waals surface area contributed by atoms with E-state index in [0.717, 1.165) is 5.56 Å². The topological polar surface area (TPSA) is 86.2 Å². The van der Waals surface area contributed by atoms with Gasteiger partial charge < -0.3 is 25.4 Å². The van der Waals surface area contributed by atoms with Crippen LogP contribution in [0.1, 0.15) is 39.2 Å². The van der Waals surface area contributed by atoms with Crippen molar-refractivity contribution in [2.75, 3.05) is 40.3 Å². The van der Waals surface area contributed by atoms with Gasteiger partial charge in [0, 0.05) is 39.6 Å². The lowest BCUT2D eigenvalue weighted by atomic mass is 10.0. The molecule has 0 heterocycles. The van der Waals surface area contributed by atoms with Gasteiger partial charge in [0.25, 0.3) is 0 Å². The average Bonchev–Trinajstić information content (AvgIpc) is 2.64. The number of guanidine groups is 1. The third-order valence-corrected chi connectivity index (χ3v) is 4.14. The van der Waals surface area contributed by atoms with Crippen LogP contribution in [0.15, 0.2) is 35.3 Å². The standard InChI is InChI=1S/C21H36N4O3/c1-16(14-25(6)20(27)28-21(2,3)4)12-23-19(22-5)24-13-18(15-26)17-10-8-7-9-11-17/h7-11,16,18,26H,12-15H2,1-6H3,(H2,22,23,24). The van der Waals surface area contributed by atoms with Gasteiger partial charge in [-0.05, 0) is 32.3 Å². The van der Waals surface area contributed by atoms with E-state index in [4.69, 9.17) is 4.74 Å². The molecule has 158 valence electrons. The first-order valence-corrected chi connectivity index (χ1v) is 9.70. The summed E-state index contributed by atoms with van der Waals surface area (Å²) in [4.78, 5) is 17.9. The minimum absolute atomic E-state index is 0.00419. The second kappa shape index (κ2) is 11.5. The Labute approximate surface area is 169 Å². The quantitative estimate of drug-likeness (QED) is 0.467. The molecule has 2 unspecified atom stereocenters. The van der Waals surface area contributed by atoms with E-state index in [-0.39, 0.29) is 24.5 Å². The first-order chi connectivity index (χ1) is 13.2. The predicted octanol–water partition coefficient (Wildman–Crippen LogP) is 2.43. The highest BCUT2D eigenvalue weighted by Crippen LogP contribution is 2.13. The number of ether oxygens (including phenoxy) is 1. The number of amides is 1. The van der Waals surface area contributed by atoms with Crippen molar-refractivity contribution in [2.24, 2.45) is 10.9 Å². The number of benzene rings is 1. The van der Waals surface area contributed by atoms with E-state index in [1.54, 1.807) is 19.0 Å². The van der Waals surface area contributed by atoms with E-state index in [9.17, 15) is 9.90 Å². The fourth-order valence-corrected chi connectivity index (χ4v) is 2.67. The van der Waals surface area contributed by atoms with Crippen LogP contribution in [-0.2, 0) is 4.74 Å². The Bertz CT molecular complexity index is 614. The van der Waals surface area contributed by atoms with Gasteiger partial charge in [0.2, 0.25) is 0 Å². The minimum atomic E-state index is -0.499. The first kappa shape index (κ1) is 23.8. The predicted molar refractivity (Wildman–Crippen MR) is 114 cm³/mol. The third kappa shape index (κ3) is 9.08. The van der Waals surface area contributed by atoms with E-state index < -0.39 is 5.60 Å². The molecule has 28 heavy (non-hydrogen) atoms. The molecule has 7 nitrogen and oxygen atoms in total. The lowest BCUT2D eigenvalue weighted by Gasteiger charge is -2.27. The SMILES string of the molecule is CN=C(NCC(C)CN(C)C(=O)OC(C)(C)C)NCC(CO)c1ccccc1. The van der Waals surface area contributed by atoms with Gasteiger partial charge in [-0.15, -0.1) is 0 Å². The van der Waals surface area contributed by atoms with Crippen molar-refractivity contribution in [3.05, 3.63) is 35.9 Å². The summed E-state index contributed by atoms with van der Waals surface area (Å²) in [5, 5.41) is 16.2. The van der Waals surface area contributed by atoms with Crippen LogP contribution in [0.5, 0.6) is 0 Å². The summed E-state index contributed by atoms with van der Waals surface area (Å²) < 4.78 is 5.37. The summed E-state index contributed by atoms with van der Waals surface area (Å²) in [5.74, 6) is 0.871. The number of aliphatic hydroxyl groups is 1. The normalized spacial score (nSPS) is 14.2. The monoisotopic (exact) mass is 392 g/mol. The van der Waals surface area contributed by atoms with Gasteiger partial charge in [-0.25, -0.2) is 4.79 Å². The number of carbonyl (C=O) groups excluding carboxylic acids is 1. The zero-order valence-electron chi connectivity index (χ0n) is 18.0. The Morgan fingerprint density at radius 3 is 2.36 bits per heavy atom. The van der Waals surface area contributed by atoms with Gasteiger partial charge >= 0.3 is 6.09 Å². The summed E-state index contributed by atoms with van der Waals surface area (Å²) in [6, 6.07) is 9.91. The lowest BCUT2D eigenvalue weighted by Crippen LogP contribution is -2.44. The maximum atomic E-state index is 12.1. The van der Waals surface area contributed by atoms with Gasteiger partial charge in [0.1, 0.15) is 5.60 Å². The Hall–Kier alpha value is -2.28. The summed E-state index contributed by atoms with van der Waals surface area (Å²) in [7, 11) is 3.45. The molecule has 0 radical (unpaired) electrons. The number of hydrogen-bond acceptors (Lipinski definition) is 4. The Balaban J connectivity index is 2.43. The van der Waals surface area contributed by atoms with Crippen LogP contribution in [0, 0.1) is 5.92 Å². The van der Waals surface area contributed by atoms with E-state index in [1.165, 1.54) is 0 Å². The summed E-state index contributed by atoms with van der Waals surface area (Å²) in [5.41, 5.74) is 0.584. The Kier molecular flexibility index (Phi) is 9.79. The third-order valence-electron chi connectivity index (χ3n) is 4.14. The molecule has 2 atom stereocenters. The van der Waals surface area contributed by atoms with Gasteiger partial charge in [-0.2, -0.15) is 0 Å². The number of rotatable bonds is 8. The number of aliphatic hydroxyl groups excluding tert-OH is 1. The van der Waals surface area contributed by atoms with Gasteiger partial charge in [-0.1, -0.05) is 37.3 Å². The molecule has 0 bridgehead atoms. The van der Waals surface area contributed by atoms with Crippen molar-refractivity contribution < 1.29 is 14.6 Å². The molecule has 7 heteroatoms. The maximum absolute atomic E-state index is 12.1. The highest BCUT2D eigenvalue weighted by Gasteiger charge is 2.20. The van der Waals surface area contributed by atoms with Crippen molar-refractivity contribution in [2.45, 2.75) is 39.2 Å². The molecule has 0 saturated carbocycles. The van der Waals surface area contributed by atoms with Crippen molar-refractivity contribution in [1.82, 2.24) is 15.5 Å². The average molecular weight is 393 g/mol. The van der Waals surface area contributed by atoms with Crippen LogP contribution in [0.3, 0.4) is 0 Å². The van der Waals surface area contributed by atoms with Crippen LogP contribution in [0.25, 0.3) is 0 Å². The fourth-order valence-electron chi connectivity index (χ4n) is 2.67. The number of aliphatic imine (C=N–C) groups is 1. The van der Waals surface area contributed by atoms with Crippen molar-refractivity contribution in [3.63, 3.8) is 0 Å². The molecule has 0 saturated heterocycles. The summed E-state index contributed by atoms with van der Waals surface area (Å²) in [6.45, 7) is 9.49. The highest BCUT2D eigenvalue weighted by molar-refractivity contribution is 5.79. The number of carbonyl (C=O) groups is 1. The van der Waals surface area contributed by atoms with E-state index in [1.807, 2.05) is 51.1 Å². The van der Waals surface area contributed by atoms with E-state index in [2.05, 4.69) is 22.5 Å². The Morgan fingerprint density at radius 1 is 1.21 bits per heavy atom. The van der Waals surface area contributed by atoms with Crippen LogP contribution < -0.4 is 10.6 Å². The second-order valence-electron chi connectivity index (χ2n) is 8.09.